The van der Waals surface area contributed by atoms with Crippen molar-refractivity contribution in [3.8, 4) is 5.75 Å². The van der Waals surface area contributed by atoms with Crippen molar-refractivity contribution in [1.82, 2.24) is 0 Å². The zero-order valence-corrected chi connectivity index (χ0v) is 11.1. The molecule has 10 heteroatoms. The molecule has 1 aromatic carbocycles. The third-order valence-electron chi connectivity index (χ3n) is 2.18. The van der Waals surface area contributed by atoms with Crippen LogP contribution in [0.15, 0.2) is 12.1 Å². The molecule has 19 heavy (non-hydrogen) atoms. The minimum absolute atomic E-state index is 0.0250. The Morgan fingerprint density at radius 3 is 1.79 bits per heavy atom. The van der Waals surface area contributed by atoms with Gasteiger partial charge < -0.3 is 10.2 Å². The summed E-state index contributed by atoms with van der Waals surface area (Å²) in [5.74, 6) is -2.30. The second-order valence-electron chi connectivity index (χ2n) is 3.87. The average Bonchev–Trinajstić information content (AvgIpc) is 2.18. The van der Waals surface area contributed by atoms with Gasteiger partial charge in [-0.15, -0.1) is 0 Å². The molecule has 8 nitrogen and oxygen atoms in total. The molecule has 0 spiro atoms. The molecule has 0 atom stereocenters. The van der Waals surface area contributed by atoms with Crippen molar-refractivity contribution in [3.05, 3.63) is 28.8 Å². The molecule has 0 aliphatic rings. The number of aliphatic hydroxyl groups excluding tert-OH is 1. The molecule has 0 fully saturated rings. The first-order chi connectivity index (χ1) is 8.52. The molecule has 0 unspecified atom stereocenters. The standard InChI is InChI=1S/C9H12O8S2/c10-3-7-1-6(4-18(12,13)14)2-8(9(7)11)5-19(15,16)17/h1-2,10-11H,3-5H2,(H,12,13,14)(H,15,16,17). The molecule has 0 radical (unpaired) electrons. The fourth-order valence-corrected chi connectivity index (χ4v) is 2.75. The summed E-state index contributed by atoms with van der Waals surface area (Å²) in [5.41, 5.74) is -0.407. The van der Waals surface area contributed by atoms with Crippen LogP contribution < -0.4 is 0 Å². The van der Waals surface area contributed by atoms with Gasteiger partial charge in [-0.25, -0.2) is 0 Å². The van der Waals surface area contributed by atoms with Gasteiger partial charge in [-0.05, 0) is 17.7 Å². The van der Waals surface area contributed by atoms with E-state index >= 15 is 0 Å². The Bertz CT molecular complexity index is 674. The maximum Gasteiger partial charge on any atom is 0.269 e. The van der Waals surface area contributed by atoms with E-state index in [1.165, 1.54) is 0 Å². The summed E-state index contributed by atoms with van der Waals surface area (Å²) in [5, 5.41) is 18.6. The van der Waals surface area contributed by atoms with Gasteiger partial charge in [0.15, 0.2) is 0 Å². The molecule has 0 aliphatic carbocycles. The Balaban J connectivity index is 3.34. The van der Waals surface area contributed by atoms with E-state index in [2.05, 4.69) is 0 Å². The molecule has 0 saturated heterocycles. The molecule has 108 valence electrons. The van der Waals surface area contributed by atoms with Crippen LogP contribution in [0.4, 0.5) is 0 Å². The highest BCUT2D eigenvalue weighted by atomic mass is 32.2. The van der Waals surface area contributed by atoms with Gasteiger partial charge in [0.05, 0.1) is 6.61 Å². The predicted octanol–water partition coefficient (Wildman–Crippen LogP) is -0.340. The van der Waals surface area contributed by atoms with E-state index in [0.717, 1.165) is 12.1 Å². The molecule has 0 heterocycles. The van der Waals surface area contributed by atoms with Gasteiger partial charge in [-0.2, -0.15) is 16.8 Å². The largest absolute Gasteiger partial charge is 0.507 e. The molecule has 0 saturated carbocycles. The number of aromatic hydroxyl groups is 1. The van der Waals surface area contributed by atoms with E-state index in [1.54, 1.807) is 0 Å². The molecule has 1 rings (SSSR count). The van der Waals surface area contributed by atoms with Gasteiger partial charge in [-0.3, -0.25) is 9.11 Å². The van der Waals surface area contributed by atoms with Crippen molar-refractivity contribution < 1.29 is 36.2 Å². The molecule has 1 aromatic rings. The van der Waals surface area contributed by atoms with Crippen LogP contribution in [0.1, 0.15) is 16.7 Å². The smallest absolute Gasteiger partial charge is 0.269 e. The first-order valence-corrected chi connectivity index (χ1v) is 8.08. The van der Waals surface area contributed by atoms with Gasteiger partial charge in [0, 0.05) is 11.1 Å². The molecular formula is C9H12O8S2. The fourth-order valence-electron chi connectivity index (χ4n) is 1.55. The van der Waals surface area contributed by atoms with Crippen molar-refractivity contribution >= 4 is 20.2 Å². The van der Waals surface area contributed by atoms with E-state index in [4.69, 9.17) is 14.2 Å². The average molecular weight is 312 g/mol. The van der Waals surface area contributed by atoms with Crippen molar-refractivity contribution in [2.75, 3.05) is 0 Å². The summed E-state index contributed by atoms with van der Waals surface area (Å²) >= 11 is 0. The summed E-state index contributed by atoms with van der Waals surface area (Å²) in [7, 11) is -8.79. The molecule has 0 aromatic heterocycles. The number of rotatable bonds is 5. The Kier molecular flexibility index (Phi) is 4.53. The van der Waals surface area contributed by atoms with Crippen molar-refractivity contribution in [2.24, 2.45) is 0 Å². The van der Waals surface area contributed by atoms with Crippen LogP contribution in [0.25, 0.3) is 0 Å². The maximum atomic E-state index is 10.8. The summed E-state index contributed by atoms with van der Waals surface area (Å²) in [6.07, 6.45) is 0. The van der Waals surface area contributed by atoms with Gasteiger partial charge in [-0.1, -0.05) is 0 Å². The van der Waals surface area contributed by atoms with E-state index in [0.29, 0.717) is 0 Å². The third kappa shape index (κ3) is 5.12. The van der Waals surface area contributed by atoms with E-state index in [1.807, 2.05) is 0 Å². The highest BCUT2D eigenvalue weighted by Gasteiger charge is 2.17. The first kappa shape index (κ1) is 15.9. The molecule has 0 amide bonds. The topological polar surface area (TPSA) is 149 Å². The SMILES string of the molecule is O=S(=O)(O)Cc1cc(CO)c(O)c(CS(=O)(=O)O)c1. The Morgan fingerprint density at radius 2 is 1.37 bits per heavy atom. The number of aliphatic hydroxyl groups is 1. The molecule has 0 aliphatic heterocycles. The minimum atomic E-state index is -4.44. The maximum absolute atomic E-state index is 10.8. The zero-order valence-electron chi connectivity index (χ0n) is 9.51. The van der Waals surface area contributed by atoms with Gasteiger partial charge in [0.25, 0.3) is 20.2 Å². The highest BCUT2D eigenvalue weighted by Crippen LogP contribution is 2.27. The Labute approximate surface area is 109 Å². The number of hydrogen-bond donors (Lipinski definition) is 4. The summed E-state index contributed by atoms with van der Waals surface area (Å²) in [4.78, 5) is 0. The third-order valence-corrected chi connectivity index (χ3v) is 3.56. The van der Waals surface area contributed by atoms with Crippen LogP contribution in [0.3, 0.4) is 0 Å². The minimum Gasteiger partial charge on any atom is -0.507 e. The second kappa shape index (κ2) is 5.43. The van der Waals surface area contributed by atoms with E-state index in [9.17, 15) is 21.9 Å². The van der Waals surface area contributed by atoms with E-state index < -0.39 is 44.1 Å². The Hall–Kier alpha value is -1.20. The summed E-state index contributed by atoms with van der Waals surface area (Å²) in [6.45, 7) is -0.663. The molecular weight excluding hydrogens is 300 g/mol. The Morgan fingerprint density at radius 1 is 0.895 bits per heavy atom. The van der Waals surface area contributed by atoms with Crippen LogP contribution in [-0.4, -0.2) is 36.2 Å². The van der Waals surface area contributed by atoms with Gasteiger partial charge >= 0.3 is 0 Å². The lowest BCUT2D eigenvalue weighted by molar-refractivity contribution is 0.275. The highest BCUT2D eigenvalue weighted by molar-refractivity contribution is 7.85. The van der Waals surface area contributed by atoms with Gasteiger partial charge in [0.1, 0.15) is 17.3 Å². The summed E-state index contributed by atoms with van der Waals surface area (Å²) in [6, 6.07) is 2.12. The van der Waals surface area contributed by atoms with Crippen molar-refractivity contribution in [3.63, 3.8) is 0 Å². The number of hydrogen-bond acceptors (Lipinski definition) is 6. The van der Waals surface area contributed by atoms with Crippen LogP contribution in [0, 0.1) is 0 Å². The van der Waals surface area contributed by atoms with Crippen molar-refractivity contribution in [1.29, 1.82) is 0 Å². The van der Waals surface area contributed by atoms with Crippen molar-refractivity contribution in [2.45, 2.75) is 18.1 Å². The van der Waals surface area contributed by atoms with Gasteiger partial charge in [0.2, 0.25) is 0 Å². The number of benzene rings is 1. The van der Waals surface area contributed by atoms with Crippen LogP contribution in [-0.2, 0) is 38.3 Å². The van der Waals surface area contributed by atoms with Crippen LogP contribution in [0.2, 0.25) is 0 Å². The quantitative estimate of drug-likeness (QED) is 0.539. The number of phenols is 1. The predicted molar refractivity (Wildman–Crippen MR) is 64.5 cm³/mol. The second-order valence-corrected chi connectivity index (χ2v) is 6.78. The lowest BCUT2D eigenvalue weighted by Crippen LogP contribution is -2.07. The lowest BCUT2D eigenvalue weighted by atomic mass is 10.1. The van der Waals surface area contributed by atoms with Crippen LogP contribution >= 0.6 is 0 Å². The fraction of sp³-hybridized carbons (Fsp3) is 0.333. The summed E-state index contributed by atoms with van der Waals surface area (Å²) < 4.78 is 60.4. The monoisotopic (exact) mass is 312 g/mol. The lowest BCUT2D eigenvalue weighted by Gasteiger charge is -2.10. The van der Waals surface area contributed by atoms with E-state index in [-0.39, 0.29) is 16.7 Å². The molecule has 4 N–H and O–H groups in total. The van der Waals surface area contributed by atoms with Crippen LogP contribution in [0.5, 0.6) is 5.75 Å². The molecule has 0 bridgehead atoms. The first-order valence-electron chi connectivity index (χ1n) is 4.86. The normalized spacial score (nSPS) is 12.6. The zero-order chi connectivity index (χ0) is 14.8.